The van der Waals surface area contributed by atoms with Crippen LogP contribution < -0.4 is 5.32 Å². The van der Waals surface area contributed by atoms with Crippen LogP contribution in [0.4, 0.5) is 8.78 Å². The van der Waals surface area contributed by atoms with Gasteiger partial charge in [-0.25, -0.2) is 8.78 Å². The standard InChI is InChI=1S/C14H15F2NOS/c1-9(5-11-3-2-4-19-11)17-8-10-6-12(15)14(18)13(16)7-10/h2-4,6-7,9,17-18H,5,8H2,1H3. The van der Waals surface area contributed by atoms with Crippen molar-refractivity contribution in [1.29, 1.82) is 0 Å². The van der Waals surface area contributed by atoms with Crippen molar-refractivity contribution < 1.29 is 13.9 Å². The second-order valence-electron chi connectivity index (χ2n) is 4.47. The molecular weight excluding hydrogens is 268 g/mol. The highest BCUT2D eigenvalue weighted by atomic mass is 32.1. The van der Waals surface area contributed by atoms with Crippen LogP contribution in [0.2, 0.25) is 0 Å². The Hall–Kier alpha value is -1.46. The SMILES string of the molecule is CC(Cc1cccs1)NCc1cc(F)c(O)c(F)c1. The Balaban J connectivity index is 1.91. The summed E-state index contributed by atoms with van der Waals surface area (Å²) >= 11 is 1.69. The summed E-state index contributed by atoms with van der Waals surface area (Å²) < 4.78 is 26.3. The number of rotatable bonds is 5. The maximum absolute atomic E-state index is 13.2. The van der Waals surface area contributed by atoms with Crippen LogP contribution in [0.3, 0.4) is 0 Å². The Labute approximate surface area is 114 Å². The molecule has 1 atom stereocenters. The molecule has 2 nitrogen and oxygen atoms in total. The van der Waals surface area contributed by atoms with Gasteiger partial charge in [-0.05, 0) is 42.5 Å². The monoisotopic (exact) mass is 283 g/mol. The highest BCUT2D eigenvalue weighted by molar-refractivity contribution is 7.09. The van der Waals surface area contributed by atoms with E-state index in [4.69, 9.17) is 5.11 Å². The molecule has 0 radical (unpaired) electrons. The van der Waals surface area contributed by atoms with Crippen molar-refractivity contribution in [2.75, 3.05) is 0 Å². The number of hydrogen-bond acceptors (Lipinski definition) is 3. The summed E-state index contributed by atoms with van der Waals surface area (Å²) in [4.78, 5) is 1.27. The number of aromatic hydroxyl groups is 1. The van der Waals surface area contributed by atoms with Gasteiger partial charge in [-0.2, -0.15) is 0 Å². The molecule has 5 heteroatoms. The van der Waals surface area contributed by atoms with Crippen LogP contribution in [0.5, 0.6) is 5.75 Å². The van der Waals surface area contributed by atoms with E-state index in [9.17, 15) is 8.78 Å². The van der Waals surface area contributed by atoms with Crippen molar-refractivity contribution in [2.45, 2.75) is 25.9 Å². The van der Waals surface area contributed by atoms with Gasteiger partial charge >= 0.3 is 0 Å². The van der Waals surface area contributed by atoms with Gasteiger partial charge in [0.1, 0.15) is 0 Å². The number of phenolic OH excluding ortho intramolecular Hbond substituents is 1. The van der Waals surface area contributed by atoms with Gasteiger partial charge in [0.05, 0.1) is 0 Å². The third kappa shape index (κ3) is 3.75. The van der Waals surface area contributed by atoms with Crippen LogP contribution in [0.25, 0.3) is 0 Å². The predicted molar refractivity (Wildman–Crippen MR) is 72.3 cm³/mol. The minimum absolute atomic E-state index is 0.207. The molecular formula is C14H15F2NOS. The van der Waals surface area contributed by atoms with Gasteiger partial charge in [0.2, 0.25) is 0 Å². The summed E-state index contributed by atoms with van der Waals surface area (Å²) in [7, 11) is 0. The van der Waals surface area contributed by atoms with E-state index in [1.54, 1.807) is 11.3 Å². The quantitative estimate of drug-likeness (QED) is 0.881. The first-order chi connectivity index (χ1) is 9.06. The van der Waals surface area contributed by atoms with Gasteiger partial charge in [-0.1, -0.05) is 6.07 Å². The van der Waals surface area contributed by atoms with Crippen LogP contribution in [-0.4, -0.2) is 11.1 Å². The smallest absolute Gasteiger partial charge is 0.187 e. The predicted octanol–water partition coefficient (Wildman–Crippen LogP) is 3.45. The van der Waals surface area contributed by atoms with Crippen LogP contribution in [0, 0.1) is 11.6 Å². The molecule has 2 rings (SSSR count). The van der Waals surface area contributed by atoms with Crippen LogP contribution in [0.1, 0.15) is 17.4 Å². The van der Waals surface area contributed by atoms with Crippen LogP contribution in [-0.2, 0) is 13.0 Å². The molecule has 0 spiro atoms. The molecule has 102 valence electrons. The lowest BCUT2D eigenvalue weighted by Crippen LogP contribution is -2.27. The number of halogens is 2. The van der Waals surface area contributed by atoms with E-state index in [0.717, 1.165) is 18.6 Å². The molecule has 1 unspecified atom stereocenters. The van der Waals surface area contributed by atoms with E-state index in [-0.39, 0.29) is 6.04 Å². The van der Waals surface area contributed by atoms with E-state index < -0.39 is 17.4 Å². The van der Waals surface area contributed by atoms with E-state index in [0.29, 0.717) is 12.1 Å². The zero-order chi connectivity index (χ0) is 13.8. The molecule has 0 aliphatic heterocycles. The summed E-state index contributed by atoms with van der Waals surface area (Å²) in [5, 5.41) is 14.2. The fraction of sp³-hybridized carbons (Fsp3) is 0.286. The summed E-state index contributed by atoms with van der Waals surface area (Å²) in [5.41, 5.74) is 0.478. The molecule has 1 aromatic carbocycles. The maximum Gasteiger partial charge on any atom is 0.187 e. The molecule has 0 aliphatic carbocycles. The van der Waals surface area contributed by atoms with Crippen LogP contribution >= 0.6 is 11.3 Å². The molecule has 0 saturated carbocycles. The second kappa shape index (κ2) is 6.12. The number of benzene rings is 1. The van der Waals surface area contributed by atoms with E-state index in [1.807, 2.05) is 18.4 Å². The number of nitrogens with one attached hydrogen (secondary N) is 1. The molecule has 0 amide bonds. The zero-order valence-corrected chi connectivity index (χ0v) is 11.3. The summed E-state index contributed by atoms with van der Waals surface area (Å²) in [5.74, 6) is -2.78. The van der Waals surface area contributed by atoms with Crippen molar-refractivity contribution in [3.63, 3.8) is 0 Å². The minimum Gasteiger partial charge on any atom is -0.503 e. The molecule has 2 aromatic rings. The highest BCUT2D eigenvalue weighted by Crippen LogP contribution is 2.21. The molecule has 0 bridgehead atoms. The average molecular weight is 283 g/mol. The Bertz CT molecular complexity index is 519. The van der Waals surface area contributed by atoms with Gasteiger partial charge in [0.25, 0.3) is 0 Å². The first-order valence-electron chi connectivity index (χ1n) is 5.99. The first-order valence-corrected chi connectivity index (χ1v) is 6.87. The zero-order valence-electron chi connectivity index (χ0n) is 10.5. The summed E-state index contributed by atoms with van der Waals surface area (Å²) in [6, 6.07) is 6.55. The Morgan fingerprint density at radius 1 is 1.32 bits per heavy atom. The van der Waals surface area contributed by atoms with Gasteiger partial charge in [-0.3, -0.25) is 0 Å². The molecule has 0 aliphatic rings. The van der Waals surface area contributed by atoms with E-state index in [1.165, 1.54) is 4.88 Å². The lowest BCUT2D eigenvalue weighted by molar-refractivity contribution is 0.394. The lowest BCUT2D eigenvalue weighted by atomic mass is 10.1. The molecule has 0 saturated heterocycles. The molecule has 1 aromatic heterocycles. The van der Waals surface area contributed by atoms with Crippen molar-refractivity contribution in [3.05, 3.63) is 51.7 Å². The normalized spacial score (nSPS) is 12.6. The van der Waals surface area contributed by atoms with Gasteiger partial charge < -0.3 is 10.4 Å². The van der Waals surface area contributed by atoms with Crippen molar-refractivity contribution in [2.24, 2.45) is 0 Å². The van der Waals surface area contributed by atoms with Crippen LogP contribution in [0.15, 0.2) is 29.6 Å². The third-order valence-electron chi connectivity index (χ3n) is 2.82. The second-order valence-corrected chi connectivity index (χ2v) is 5.51. The van der Waals surface area contributed by atoms with Gasteiger partial charge in [0.15, 0.2) is 17.4 Å². The number of hydrogen-bond donors (Lipinski definition) is 2. The molecule has 1 heterocycles. The fourth-order valence-electron chi connectivity index (χ4n) is 1.81. The highest BCUT2D eigenvalue weighted by Gasteiger charge is 2.10. The third-order valence-corrected chi connectivity index (χ3v) is 3.72. The lowest BCUT2D eigenvalue weighted by Gasteiger charge is -2.13. The Morgan fingerprint density at radius 2 is 2.00 bits per heavy atom. The largest absolute Gasteiger partial charge is 0.503 e. The van der Waals surface area contributed by atoms with E-state index in [2.05, 4.69) is 11.4 Å². The average Bonchev–Trinajstić information content (AvgIpc) is 2.86. The van der Waals surface area contributed by atoms with E-state index >= 15 is 0 Å². The minimum atomic E-state index is -0.928. The topological polar surface area (TPSA) is 32.3 Å². The molecule has 2 N–H and O–H groups in total. The maximum atomic E-state index is 13.2. The van der Waals surface area contributed by atoms with Gasteiger partial charge in [0, 0.05) is 17.5 Å². The molecule has 0 fully saturated rings. The first kappa shape index (κ1) is 14.0. The summed E-state index contributed by atoms with van der Waals surface area (Å²) in [6.07, 6.45) is 0.876. The van der Waals surface area contributed by atoms with Crippen molar-refractivity contribution in [1.82, 2.24) is 5.32 Å². The van der Waals surface area contributed by atoms with Gasteiger partial charge in [-0.15, -0.1) is 11.3 Å². The van der Waals surface area contributed by atoms with Crippen molar-refractivity contribution in [3.8, 4) is 5.75 Å². The van der Waals surface area contributed by atoms with Crippen molar-refractivity contribution >= 4 is 11.3 Å². The number of thiophene rings is 1. The Morgan fingerprint density at radius 3 is 2.58 bits per heavy atom. The number of phenols is 1. The molecule has 19 heavy (non-hydrogen) atoms. The fourth-order valence-corrected chi connectivity index (χ4v) is 2.65. The summed E-state index contributed by atoms with van der Waals surface area (Å²) in [6.45, 7) is 2.38. The Kier molecular flexibility index (Phi) is 4.50.